The largest absolute Gasteiger partial charge is 0.329 e. The summed E-state index contributed by atoms with van der Waals surface area (Å²) >= 11 is 0. The molecule has 0 saturated carbocycles. The zero-order chi connectivity index (χ0) is 13.0. The van der Waals surface area contributed by atoms with E-state index in [9.17, 15) is 4.39 Å². The summed E-state index contributed by atoms with van der Waals surface area (Å²) in [6.45, 7) is 8.15. The van der Waals surface area contributed by atoms with Crippen molar-refractivity contribution in [2.24, 2.45) is 5.73 Å². The molecule has 1 heterocycles. The third-order valence-corrected chi connectivity index (χ3v) is 3.75. The Morgan fingerprint density at radius 3 is 2.33 bits per heavy atom. The van der Waals surface area contributed by atoms with Gasteiger partial charge < -0.3 is 5.73 Å². The molecule has 2 N–H and O–H groups in total. The van der Waals surface area contributed by atoms with Gasteiger partial charge in [-0.15, -0.1) is 0 Å². The summed E-state index contributed by atoms with van der Waals surface area (Å²) in [5.41, 5.74) is 6.75. The highest BCUT2D eigenvalue weighted by molar-refractivity contribution is 5.19. The van der Waals surface area contributed by atoms with Gasteiger partial charge in [-0.3, -0.25) is 9.80 Å². The molecule has 1 aromatic carbocycles. The summed E-state index contributed by atoms with van der Waals surface area (Å²) in [5, 5.41) is 0. The zero-order valence-electron chi connectivity index (χ0n) is 11.0. The number of rotatable bonds is 4. The minimum absolute atomic E-state index is 0.168. The summed E-state index contributed by atoms with van der Waals surface area (Å²) in [4.78, 5) is 4.84. The van der Waals surface area contributed by atoms with Gasteiger partial charge in [0.05, 0.1) is 0 Å². The third kappa shape index (κ3) is 3.28. The Hall–Kier alpha value is -0.970. The van der Waals surface area contributed by atoms with Crippen molar-refractivity contribution >= 4 is 0 Å². The fraction of sp³-hybridized carbons (Fsp3) is 0.571. The number of nitrogens with two attached hydrogens (primary N) is 1. The molecule has 1 saturated heterocycles. The van der Waals surface area contributed by atoms with Crippen LogP contribution in [-0.2, 0) is 0 Å². The Balaban J connectivity index is 1.91. The van der Waals surface area contributed by atoms with Crippen LogP contribution in [0.5, 0.6) is 0 Å². The highest BCUT2D eigenvalue weighted by atomic mass is 19.1. The van der Waals surface area contributed by atoms with Crippen LogP contribution in [0.2, 0.25) is 0 Å². The van der Waals surface area contributed by atoms with Crippen LogP contribution >= 0.6 is 0 Å². The Morgan fingerprint density at radius 2 is 1.78 bits per heavy atom. The van der Waals surface area contributed by atoms with Gasteiger partial charge in [-0.25, -0.2) is 4.39 Å². The van der Waals surface area contributed by atoms with Crippen molar-refractivity contribution < 1.29 is 4.39 Å². The van der Waals surface area contributed by atoms with Gasteiger partial charge in [0.15, 0.2) is 0 Å². The predicted molar refractivity (Wildman–Crippen MR) is 71.9 cm³/mol. The second-order valence-electron chi connectivity index (χ2n) is 4.89. The summed E-state index contributed by atoms with van der Waals surface area (Å²) < 4.78 is 12.9. The van der Waals surface area contributed by atoms with E-state index < -0.39 is 0 Å². The quantitative estimate of drug-likeness (QED) is 0.879. The van der Waals surface area contributed by atoms with Gasteiger partial charge in [-0.05, 0) is 24.6 Å². The first-order valence-electron chi connectivity index (χ1n) is 6.62. The average molecular weight is 251 g/mol. The summed E-state index contributed by atoms with van der Waals surface area (Å²) in [6.07, 6.45) is 0. The van der Waals surface area contributed by atoms with E-state index >= 15 is 0 Å². The van der Waals surface area contributed by atoms with Gasteiger partial charge in [0.25, 0.3) is 0 Å². The van der Waals surface area contributed by atoms with Crippen LogP contribution in [0, 0.1) is 5.82 Å². The van der Waals surface area contributed by atoms with E-state index in [1.165, 1.54) is 17.7 Å². The molecule has 1 aliphatic rings. The number of hydrogen-bond donors (Lipinski definition) is 1. The van der Waals surface area contributed by atoms with E-state index in [2.05, 4.69) is 16.7 Å². The van der Waals surface area contributed by atoms with E-state index in [0.29, 0.717) is 6.04 Å². The minimum atomic E-state index is -0.168. The van der Waals surface area contributed by atoms with Crippen molar-refractivity contribution in [1.29, 1.82) is 0 Å². The van der Waals surface area contributed by atoms with E-state index in [4.69, 9.17) is 5.73 Å². The van der Waals surface area contributed by atoms with Crippen LogP contribution in [0.3, 0.4) is 0 Å². The van der Waals surface area contributed by atoms with Crippen LogP contribution in [0.4, 0.5) is 4.39 Å². The van der Waals surface area contributed by atoms with Crippen molar-refractivity contribution in [3.05, 3.63) is 35.6 Å². The molecule has 0 bridgehead atoms. The fourth-order valence-electron chi connectivity index (χ4n) is 2.51. The number of benzene rings is 1. The number of nitrogens with zero attached hydrogens (tertiary/aromatic N) is 2. The standard InChI is InChI=1S/C14H22FN3/c1-12(13-2-4-14(15)5-3-13)18-10-8-17(7-6-16)9-11-18/h2-5,12H,6-11,16H2,1H3. The maximum Gasteiger partial charge on any atom is 0.123 e. The van der Waals surface area contributed by atoms with Crippen LogP contribution < -0.4 is 5.73 Å². The van der Waals surface area contributed by atoms with Gasteiger partial charge in [-0.1, -0.05) is 12.1 Å². The Bertz CT molecular complexity index is 358. The molecule has 2 rings (SSSR count). The maximum atomic E-state index is 12.9. The molecule has 0 aromatic heterocycles. The highest BCUT2D eigenvalue weighted by Gasteiger charge is 2.21. The number of halogens is 1. The Morgan fingerprint density at radius 1 is 1.17 bits per heavy atom. The molecule has 0 aliphatic carbocycles. The molecular weight excluding hydrogens is 229 g/mol. The van der Waals surface area contributed by atoms with Crippen LogP contribution in [0.25, 0.3) is 0 Å². The molecule has 0 amide bonds. The first-order valence-corrected chi connectivity index (χ1v) is 6.62. The SMILES string of the molecule is CC(c1ccc(F)cc1)N1CCN(CCN)CC1. The van der Waals surface area contributed by atoms with Crippen molar-refractivity contribution in [2.45, 2.75) is 13.0 Å². The van der Waals surface area contributed by atoms with Crippen LogP contribution in [0.1, 0.15) is 18.5 Å². The molecule has 0 radical (unpaired) electrons. The van der Waals surface area contributed by atoms with E-state index in [1.807, 2.05) is 12.1 Å². The fourth-order valence-corrected chi connectivity index (χ4v) is 2.51. The molecule has 1 unspecified atom stereocenters. The number of hydrogen-bond acceptors (Lipinski definition) is 3. The third-order valence-electron chi connectivity index (χ3n) is 3.75. The van der Waals surface area contributed by atoms with E-state index in [0.717, 1.165) is 39.3 Å². The van der Waals surface area contributed by atoms with E-state index in [1.54, 1.807) is 0 Å². The van der Waals surface area contributed by atoms with Crippen molar-refractivity contribution in [3.63, 3.8) is 0 Å². The van der Waals surface area contributed by atoms with Crippen molar-refractivity contribution in [2.75, 3.05) is 39.3 Å². The molecule has 18 heavy (non-hydrogen) atoms. The topological polar surface area (TPSA) is 32.5 Å². The Kier molecular flexibility index (Phi) is 4.69. The lowest BCUT2D eigenvalue weighted by molar-refractivity contribution is 0.104. The average Bonchev–Trinajstić information content (AvgIpc) is 2.40. The molecule has 100 valence electrons. The highest BCUT2D eigenvalue weighted by Crippen LogP contribution is 2.21. The van der Waals surface area contributed by atoms with Gasteiger partial charge >= 0.3 is 0 Å². The number of piperazine rings is 1. The summed E-state index contributed by atoms with van der Waals surface area (Å²) in [7, 11) is 0. The first-order chi connectivity index (χ1) is 8.70. The molecule has 3 nitrogen and oxygen atoms in total. The second-order valence-corrected chi connectivity index (χ2v) is 4.89. The zero-order valence-corrected chi connectivity index (χ0v) is 11.0. The minimum Gasteiger partial charge on any atom is -0.329 e. The van der Waals surface area contributed by atoms with Gasteiger partial charge in [0.2, 0.25) is 0 Å². The lowest BCUT2D eigenvalue weighted by Crippen LogP contribution is -2.48. The predicted octanol–water partition coefficient (Wildman–Crippen LogP) is 1.46. The van der Waals surface area contributed by atoms with Crippen LogP contribution in [0.15, 0.2) is 24.3 Å². The Labute approximate surface area is 108 Å². The lowest BCUT2D eigenvalue weighted by Gasteiger charge is -2.38. The summed E-state index contributed by atoms with van der Waals surface area (Å²) in [6, 6.07) is 7.19. The van der Waals surface area contributed by atoms with Crippen LogP contribution in [-0.4, -0.2) is 49.1 Å². The van der Waals surface area contributed by atoms with Gasteiger partial charge in [0.1, 0.15) is 5.82 Å². The molecule has 0 spiro atoms. The lowest BCUT2D eigenvalue weighted by atomic mass is 10.1. The van der Waals surface area contributed by atoms with Crippen molar-refractivity contribution in [1.82, 2.24) is 9.80 Å². The second kappa shape index (κ2) is 6.27. The smallest absolute Gasteiger partial charge is 0.123 e. The normalized spacial score (nSPS) is 19.9. The molecule has 1 fully saturated rings. The van der Waals surface area contributed by atoms with Gasteiger partial charge in [0, 0.05) is 45.3 Å². The first kappa shape index (κ1) is 13.5. The molecular formula is C14H22FN3. The molecule has 1 aromatic rings. The van der Waals surface area contributed by atoms with Crippen molar-refractivity contribution in [3.8, 4) is 0 Å². The summed E-state index contributed by atoms with van der Waals surface area (Å²) in [5.74, 6) is -0.168. The van der Waals surface area contributed by atoms with E-state index in [-0.39, 0.29) is 5.82 Å². The molecule has 1 atom stereocenters. The van der Waals surface area contributed by atoms with Gasteiger partial charge in [-0.2, -0.15) is 0 Å². The molecule has 1 aliphatic heterocycles. The molecule has 4 heteroatoms. The maximum absolute atomic E-state index is 12.9. The monoisotopic (exact) mass is 251 g/mol.